The number of benzene rings is 1. The van der Waals surface area contributed by atoms with E-state index in [1.165, 1.54) is 49.7 Å². The van der Waals surface area contributed by atoms with Crippen LogP contribution in [0.15, 0.2) is 24.3 Å². The molecule has 0 amide bonds. The van der Waals surface area contributed by atoms with Gasteiger partial charge < -0.3 is 4.74 Å². The van der Waals surface area contributed by atoms with Gasteiger partial charge in [-0.05, 0) is 49.0 Å². The molecule has 2 aliphatic carbocycles. The summed E-state index contributed by atoms with van der Waals surface area (Å²) in [4.78, 5) is 0. The standard InChI is InChI=1S/C16H22OS/c18-12-16(9-4-10-16)11-17-15-8-3-6-13-5-1-2-7-14(13)15/h1-2,5,7,15,18H,3-4,6,8-12H2. The van der Waals surface area contributed by atoms with Crippen molar-refractivity contribution in [3.8, 4) is 0 Å². The van der Waals surface area contributed by atoms with E-state index in [1.54, 1.807) is 0 Å². The van der Waals surface area contributed by atoms with Gasteiger partial charge in [-0.15, -0.1) is 0 Å². The lowest BCUT2D eigenvalue weighted by molar-refractivity contribution is -0.0399. The first-order valence-electron chi connectivity index (χ1n) is 7.13. The summed E-state index contributed by atoms with van der Waals surface area (Å²) in [6, 6.07) is 8.77. The third-order valence-electron chi connectivity index (χ3n) is 4.65. The molecular weight excluding hydrogens is 240 g/mol. The Morgan fingerprint density at radius 3 is 2.78 bits per heavy atom. The van der Waals surface area contributed by atoms with Crippen LogP contribution in [0, 0.1) is 5.41 Å². The Labute approximate surface area is 115 Å². The lowest BCUT2D eigenvalue weighted by atomic mass is 9.71. The predicted molar refractivity (Wildman–Crippen MR) is 78.2 cm³/mol. The molecule has 1 fully saturated rings. The van der Waals surface area contributed by atoms with Crippen LogP contribution in [0.2, 0.25) is 0 Å². The Morgan fingerprint density at radius 1 is 1.22 bits per heavy atom. The van der Waals surface area contributed by atoms with Gasteiger partial charge in [0.2, 0.25) is 0 Å². The van der Waals surface area contributed by atoms with Crippen molar-refractivity contribution in [3.05, 3.63) is 35.4 Å². The van der Waals surface area contributed by atoms with Gasteiger partial charge in [0.05, 0.1) is 12.7 Å². The summed E-state index contributed by atoms with van der Waals surface area (Å²) < 4.78 is 6.26. The second-order valence-electron chi connectivity index (χ2n) is 5.90. The summed E-state index contributed by atoms with van der Waals surface area (Å²) in [5, 5.41) is 0. The number of fused-ring (bicyclic) bond motifs is 1. The van der Waals surface area contributed by atoms with Crippen LogP contribution >= 0.6 is 12.6 Å². The number of ether oxygens (including phenoxy) is 1. The highest BCUT2D eigenvalue weighted by molar-refractivity contribution is 7.80. The number of rotatable bonds is 4. The Bertz CT molecular complexity index is 406. The Morgan fingerprint density at radius 2 is 2.06 bits per heavy atom. The molecule has 0 radical (unpaired) electrons. The highest BCUT2D eigenvalue weighted by Gasteiger charge is 2.37. The van der Waals surface area contributed by atoms with Gasteiger partial charge in [0.1, 0.15) is 0 Å². The Balaban J connectivity index is 1.67. The minimum absolute atomic E-state index is 0.326. The number of aryl methyl sites for hydroxylation is 1. The number of hydrogen-bond donors (Lipinski definition) is 1. The molecule has 0 bridgehead atoms. The van der Waals surface area contributed by atoms with Gasteiger partial charge in [-0.25, -0.2) is 0 Å². The molecule has 2 aliphatic rings. The van der Waals surface area contributed by atoms with Crippen LogP contribution in [0.25, 0.3) is 0 Å². The Kier molecular flexibility index (Phi) is 3.67. The topological polar surface area (TPSA) is 9.23 Å². The molecule has 0 aliphatic heterocycles. The predicted octanol–water partition coefficient (Wildman–Crippen LogP) is 4.18. The van der Waals surface area contributed by atoms with Crippen molar-refractivity contribution in [1.82, 2.24) is 0 Å². The van der Waals surface area contributed by atoms with E-state index in [4.69, 9.17) is 4.74 Å². The molecule has 0 saturated heterocycles. The first-order chi connectivity index (χ1) is 8.83. The molecule has 3 rings (SSSR count). The monoisotopic (exact) mass is 262 g/mol. The molecular formula is C16H22OS. The SMILES string of the molecule is SCC1(COC2CCCc3ccccc32)CCC1. The van der Waals surface area contributed by atoms with Gasteiger partial charge in [-0.3, -0.25) is 0 Å². The van der Waals surface area contributed by atoms with Crippen LogP contribution < -0.4 is 0 Å². The van der Waals surface area contributed by atoms with Gasteiger partial charge in [-0.1, -0.05) is 30.7 Å². The highest BCUT2D eigenvalue weighted by Crippen LogP contribution is 2.43. The largest absolute Gasteiger partial charge is 0.373 e. The maximum absolute atomic E-state index is 6.26. The fraction of sp³-hybridized carbons (Fsp3) is 0.625. The molecule has 1 nitrogen and oxygen atoms in total. The van der Waals surface area contributed by atoms with Crippen LogP contribution in [-0.2, 0) is 11.2 Å². The molecule has 1 saturated carbocycles. The molecule has 98 valence electrons. The summed E-state index contributed by atoms with van der Waals surface area (Å²) in [5.41, 5.74) is 3.30. The summed E-state index contributed by atoms with van der Waals surface area (Å²) >= 11 is 4.51. The van der Waals surface area contributed by atoms with Gasteiger partial charge in [0.25, 0.3) is 0 Å². The van der Waals surface area contributed by atoms with Gasteiger partial charge in [0, 0.05) is 5.41 Å². The third kappa shape index (κ3) is 2.33. The number of hydrogen-bond acceptors (Lipinski definition) is 2. The molecule has 0 spiro atoms. The lowest BCUT2D eigenvalue weighted by Gasteiger charge is -2.41. The number of thiol groups is 1. The van der Waals surface area contributed by atoms with E-state index in [9.17, 15) is 0 Å². The zero-order valence-corrected chi connectivity index (χ0v) is 11.8. The molecule has 0 heterocycles. The van der Waals surface area contributed by atoms with E-state index < -0.39 is 0 Å². The van der Waals surface area contributed by atoms with E-state index in [-0.39, 0.29) is 0 Å². The summed E-state index contributed by atoms with van der Waals surface area (Å²) in [6.07, 6.45) is 7.93. The molecule has 1 aromatic rings. The van der Waals surface area contributed by atoms with E-state index in [1.807, 2.05) is 0 Å². The molecule has 0 N–H and O–H groups in total. The van der Waals surface area contributed by atoms with Crippen molar-refractivity contribution < 1.29 is 4.74 Å². The first kappa shape index (κ1) is 12.6. The van der Waals surface area contributed by atoms with Crippen molar-refractivity contribution in [1.29, 1.82) is 0 Å². The maximum atomic E-state index is 6.26. The van der Waals surface area contributed by atoms with Crippen LogP contribution in [0.5, 0.6) is 0 Å². The van der Waals surface area contributed by atoms with Crippen molar-refractivity contribution >= 4 is 12.6 Å². The molecule has 0 aromatic heterocycles. The van der Waals surface area contributed by atoms with E-state index >= 15 is 0 Å². The average molecular weight is 262 g/mol. The maximum Gasteiger partial charge on any atom is 0.0828 e. The van der Waals surface area contributed by atoms with Gasteiger partial charge >= 0.3 is 0 Å². The minimum atomic E-state index is 0.326. The zero-order valence-electron chi connectivity index (χ0n) is 10.9. The second kappa shape index (κ2) is 5.26. The fourth-order valence-electron chi connectivity index (χ4n) is 3.18. The fourth-order valence-corrected chi connectivity index (χ4v) is 3.59. The smallest absolute Gasteiger partial charge is 0.0828 e. The van der Waals surface area contributed by atoms with Crippen molar-refractivity contribution in [2.24, 2.45) is 5.41 Å². The molecule has 1 unspecified atom stereocenters. The molecule has 18 heavy (non-hydrogen) atoms. The van der Waals surface area contributed by atoms with Crippen LogP contribution in [0.4, 0.5) is 0 Å². The summed E-state index contributed by atoms with van der Waals surface area (Å²) in [6.45, 7) is 0.898. The third-order valence-corrected chi connectivity index (χ3v) is 5.33. The van der Waals surface area contributed by atoms with Gasteiger partial charge in [-0.2, -0.15) is 12.6 Å². The summed E-state index contributed by atoms with van der Waals surface area (Å²) in [7, 11) is 0. The van der Waals surface area contributed by atoms with Crippen molar-refractivity contribution in [2.75, 3.05) is 12.4 Å². The van der Waals surface area contributed by atoms with Crippen LogP contribution in [0.1, 0.15) is 49.3 Å². The van der Waals surface area contributed by atoms with Crippen LogP contribution in [0.3, 0.4) is 0 Å². The normalized spacial score (nSPS) is 25.3. The minimum Gasteiger partial charge on any atom is -0.373 e. The first-order valence-corrected chi connectivity index (χ1v) is 7.77. The average Bonchev–Trinajstić information content (AvgIpc) is 2.38. The van der Waals surface area contributed by atoms with E-state index in [2.05, 4.69) is 36.9 Å². The van der Waals surface area contributed by atoms with Crippen LogP contribution in [-0.4, -0.2) is 12.4 Å². The Hall–Kier alpha value is -0.470. The highest BCUT2D eigenvalue weighted by atomic mass is 32.1. The zero-order chi connectivity index (χ0) is 12.4. The van der Waals surface area contributed by atoms with Crippen molar-refractivity contribution in [3.63, 3.8) is 0 Å². The molecule has 1 aromatic carbocycles. The summed E-state index contributed by atoms with van der Waals surface area (Å²) in [5.74, 6) is 0.974. The van der Waals surface area contributed by atoms with E-state index in [0.717, 1.165) is 12.4 Å². The quantitative estimate of drug-likeness (QED) is 0.801. The van der Waals surface area contributed by atoms with E-state index in [0.29, 0.717) is 11.5 Å². The molecule has 1 atom stereocenters. The van der Waals surface area contributed by atoms with Gasteiger partial charge in [0.15, 0.2) is 0 Å². The van der Waals surface area contributed by atoms with Crippen molar-refractivity contribution in [2.45, 2.75) is 44.6 Å². The lowest BCUT2D eigenvalue weighted by Crippen LogP contribution is -2.37. The second-order valence-corrected chi connectivity index (χ2v) is 6.22. The molecule has 2 heteroatoms.